The van der Waals surface area contributed by atoms with Gasteiger partial charge in [0.05, 0.1) is 0 Å². The van der Waals surface area contributed by atoms with Crippen LogP contribution in [0.1, 0.15) is 5.56 Å². The van der Waals surface area contributed by atoms with Crippen molar-refractivity contribution in [2.24, 2.45) is 5.73 Å². The molecule has 0 radical (unpaired) electrons. The van der Waals surface area contributed by atoms with E-state index < -0.39 is 5.82 Å². The van der Waals surface area contributed by atoms with Gasteiger partial charge in [-0.3, -0.25) is 0 Å². The highest BCUT2D eigenvalue weighted by molar-refractivity contribution is 5.65. The fraction of sp³-hybridized carbons (Fsp3) is 0.0769. The third-order valence-electron chi connectivity index (χ3n) is 2.45. The molecule has 3 heteroatoms. The highest BCUT2D eigenvalue weighted by Gasteiger charge is 2.05. The summed E-state index contributed by atoms with van der Waals surface area (Å²) >= 11 is 0. The minimum absolute atomic E-state index is 0.0696. The standard InChI is InChI=1S/C13H12FNO/c14-13-7-11(16)5-6-12(13)10-3-1-9(8-15)2-4-10/h1-7,16H,8,15H2. The molecule has 0 aliphatic carbocycles. The molecule has 0 atom stereocenters. The van der Waals surface area contributed by atoms with Crippen LogP contribution < -0.4 is 5.73 Å². The van der Waals surface area contributed by atoms with E-state index in [0.717, 1.165) is 17.2 Å². The monoisotopic (exact) mass is 217 g/mol. The highest BCUT2D eigenvalue weighted by Crippen LogP contribution is 2.25. The number of nitrogens with two attached hydrogens (primary N) is 1. The van der Waals surface area contributed by atoms with Gasteiger partial charge in [0.2, 0.25) is 0 Å². The quantitative estimate of drug-likeness (QED) is 0.812. The second-order valence-electron chi connectivity index (χ2n) is 3.57. The van der Waals surface area contributed by atoms with E-state index in [0.29, 0.717) is 12.1 Å². The van der Waals surface area contributed by atoms with E-state index >= 15 is 0 Å². The normalized spacial score (nSPS) is 10.4. The van der Waals surface area contributed by atoms with Crippen LogP contribution in [0.5, 0.6) is 5.75 Å². The van der Waals surface area contributed by atoms with Gasteiger partial charge in [-0.2, -0.15) is 0 Å². The maximum atomic E-state index is 13.5. The molecule has 0 aromatic heterocycles. The Hall–Kier alpha value is -1.87. The molecule has 0 aliphatic rings. The first-order valence-electron chi connectivity index (χ1n) is 4.98. The molecule has 0 fully saturated rings. The predicted octanol–water partition coefficient (Wildman–Crippen LogP) is 2.66. The summed E-state index contributed by atoms with van der Waals surface area (Å²) in [6, 6.07) is 11.5. The number of benzene rings is 2. The molecule has 82 valence electrons. The Morgan fingerprint density at radius 1 is 1.06 bits per heavy atom. The van der Waals surface area contributed by atoms with Crippen LogP contribution in [-0.2, 0) is 6.54 Å². The third-order valence-corrected chi connectivity index (χ3v) is 2.45. The largest absolute Gasteiger partial charge is 0.508 e. The van der Waals surface area contributed by atoms with Gasteiger partial charge in [0, 0.05) is 18.2 Å². The van der Waals surface area contributed by atoms with E-state index in [1.54, 1.807) is 6.07 Å². The molecule has 0 unspecified atom stereocenters. The molecule has 2 aromatic carbocycles. The minimum atomic E-state index is -0.430. The van der Waals surface area contributed by atoms with Crippen molar-refractivity contribution in [1.29, 1.82) is 0 Å². The SMILES string of the molecule is NCc1ccc(-c2ccc(O)cc2F)cc1. The first-order valence-corrected chi connectivity index (χ1v) is 4.98. The summed E-state index contributed by atoms with van der Waals surface area (Å²) in [7, 11) is 0. The molecule has 0 amide bonds. The zero-order chi connectivity index (χ0) is 11.5. The van der Waals surface area contributed by atoms with Gasteiger partial charge in [0.15, 0.2) is 0 Å². The summed E-state index contributed by atoms with van der Waals surface area (Å²) < 4.78 is 13.5. The number of halogens is 1. The van der Waals surface area contributed by atoms with Crippen molar-refractivity contribution in [3.05, 3.63) is 53.8 Å². The Morgan fingerprint density at radius 3 is 2.31 bits per heavy atom. The topological polar surface area (TPSA) is 46.2 Å². The van der Waals surface area contributed by atoms with Crippen LogP contribution in [0.2, 0.25) is 0 Å². The molecule has 2 nitrogen and oxygen atoms in total. The van der Waals surface area contributed by atoms with Crippen molar-refractivity contribution in [1.82, 2.24) is 0 Å². The van der Waals surface area contributed by atoms with Crippen molar-refractivity contribution in [2.45, 2.75) is 6.54 Å². The number of hydrogen-bond donors (Lipinski definition) is 2. The first kappa shape index (κ1) is 10.6. The number of phenols is 1. The van der Waals surface area contributed by atoms with Gasteiger partial charge in [-0.05, 0) is 23.3 Å². The molecule has 16 heavy (non-hydrogen) atoms. The van der Waals surface area contributed by atoms with Gasteiger partial charge < -0.3 is 10.8 Å². The summed E-state index contributed by atoms with van der Waals surface area (Å²) in [5.41, 5.74) is 7.73. The predicted molar refractivity (Wildman–Crippen MR) is 61.4 cm³/mol. The summed E-state index contributed by atoms with van der Waals surface area (Å²) in [5.74, 6) is -0.500. The molecule has 0 aliphatic heterocycles. The second-order valence-corrected chi connectivity index (χ2v) is 3.57. The van der Waals surface area contributed by atoms with E-state index in [1.165, 1.54) is 6.07 Å². The molecule has 0 heterocycles. The Balaban J connectivity index is 2.42. The zero-order valence-electron chi connectivity index (χ0n) is 8.65. The molecule has 0 bridgehead atoms. The molecule has 2 rings (SSSR count). The molecule has 3 N–H and O–H groups in total. The van der Waals surface area contributed by atoms with E-state index in [-0.39, 0.29) is 5.75 Å². The summed E-state index contributed by atoms with van der Waals surface area (Å²) in [4.78, 5) is 0. The van der Waals surface area contributed by atoms with Crippen LogP contribution in [0, 0.1) is 5.82 Å². The van der Waals surface area contributed by atoms with Crippen molar-refractivity contribution in [3.63, 3.8) is 0 Å². The average Bonchev–Trinajstić information content (AvgIpc) is 2.29. The molecular weight excluding hydrogens is 205 g/mol. The Morgan fingerprint density at radius 2 is 1.75 bits per heavy atom. The van der Waals surface area contributed by atoms with Crippen LogP contribution in [0.3, 0.4) is 0 Å². The molecule has 0 saturated heterocycles. The fourth-order valence-corrected chi connectivity index (χ4v) is 1.56. The first-order chi connectivity index (χ1) is 7.70. The highest BCUT2D eigenvalue weighted by atomic mass is 19.1. The van der Waals surface area contributed by atoms with E-state index in [4.69, 9.17) is 10.8 Å². The lowest BCUT2D eigenvalue weighted by molar-refractivity contribution is 0.469. The van der Waals surface area contributed by atoms with Crippen molar-refractivity contribution < 1.29 is 9.50 Å². The number of hydrogen-bond acceptors (Lipinski definition) is 2. The third kappa shape index (κ3) is 2.04. The van der Waals surface area contributed by atoms with Crippen LogP contribution in [0.15, 0.2) is 42.5 Å². The van der Waals surface area contributed by atoms with E-state index in [9.17, 15) is 4.39 Å². The second kappa shape index (κ2) is 4.33. The molecule has 2 aromatic rings. The molecule has 0 spiro atoms. The van der Waals surface area contributed by atoms with Crippen LogP contribution in [0.25, 0.3) is 11.1 Å². The average molecular weight is 217 g/mol. The number of rotatable bonds is 2. The summed E-state index contributed by atoms with van der Waals surface area (Å²) in [6.45, 7) is 0.471. The van der Waals surface area contributed by atoms with Crippen LogP contribution in [-0.4, -0.2) is 5.11 Å². The lowest BCUT2D eigenvalue weighted by Crippen LogP contribution is -1.95. The smallest absolute Gasteiger partial charge is 0.134 e. The summed E-state index contributed by atoms with van der Waals surface area (Å²) in [5, 5.41) is 9.11. The van der Waals surface area contributed by atoms with Crippen molar-refractivity contribution >= 4 is 0 Å². The molecular formula is C13H12FNO. The maximum Gasteiger partial charge on any atom is 0.134 e. The van der Waals surface area contributed by atoms with Crippen LogP contribution >= 0.6 is 0 Å². The Bertz CT molecular complexity index is 494. The maximum absolute atomic E-state index is 13.5. The molecule has 0 saturated carbocycles. The van der Waals surface area contributed by atoms with Crippen molar-refractivity contribution in [2.75, 3.05) is 0 Å². The lowest BCUT2D eigenvalue weighted by atomic mass is 10.0. The summed E-state index contributed by atoms with van der Waals surface area (Å²) in [6.07, 6.45) is 0. The van der Waals surface area contributed by atoms with Gasteiger partial charge in [0.1, 0.15) is 11.6 Å². The van der Waals surface area contributed by atoms with Gasteiger partial charge in [-0.15, -0.1) is 0 Å². The van der Waals surface area contributed by atoms with E-state index in [1.807, 2.05) is 24.3 Å². The van der Waals surface area contributed by atoms with Gasteiger partial charge in [0.25, 0.3) is 0 Å². The number of aromatic hydroxyl groups is 1. The Kier molecular flexibility index (Phi) is 2.88. The zero-order valence-corrected chi connectivity index (χ0v) is 8.65. The van der Waals surface area contributed by atoms with Gasteiger partial charge in [-0.25, -0.2) is 4.39 Å². The Labute approximate surface area is 93.2 Å². The van der Waals surface area contributed by atoms with Gasteiger partial charge in [-0.1, -0.05) is 24.3 Å². The number of phenolic OH excluding ortho intramolecular Hbond substituents is 1. The van der Waals surface area contributed by atoms with Crippen molar-refractivity contribution in [3.8, 4) is 16.9 Å². The minimum Gasteiger partial charge on any atom is -0.508 e. The lowest BCUT2D eigenvalue weighted by Gasteiger charge is -2.05. The van der Waals surface area contributed by atoms with Gasteiger partial charge >= 0.3 is 0 Å². The van der Waals surface area contributed by atoms with Crippen LogP contribution in [0.4, 0.5) is 4.39 Å². The van der Waals surface area contributed by atoms with E-state index in [2.05, 4.69) is 0 Å². The fourth-order valence-electron chi connectivity index (χ4n) is 1.56.